The van der Waals surface area contributed by atoms with E-state index >= 15 is 0 Å². The van der Waals surface area contributed by atoms with Gasteiger partial charge in [0.25, 0.3) is 0 Å². The molecule has 0 bridgehead atoms. The summed E-state index contributed by atoms with van der Waals surface area (Å²) in [5.41, 5.74) is 5.74. The summed E-state index contributed by atoms with van der Waals surface area (Å²) in [6.45, 7) is 2.42. The van der Waals surface area contributed by atoms with Crippen molar-refractivity contribution in [2.24, 2.45) is 0 Å². The zero-order chi connectivity index (χ0) is 36.9. The molecule has 6 aromatic rings. The Bertz CT molecular complexity index is 2210. The topological polar surface area (TPSA) is 130 Å². The van der Waals surface area contributed by atoms with Gasteiger partial charge < -0.3 is 39.8 Å². The molecule has 2 aliphatic rings. The van der Waals surface area contributed by atoms with Crippen LogP contribution in [0.25, 0.3) is 11.0 Å². The Morgan fingerprint density at radius 3 is 2.09 bits per heavy atom. The van der Waals surface area contributed by atoms with Gasteiger partial charge in [0.05, 0.1) is 29.8 Å². The van der Waals surface area contributed by atoms with Crippen LogP contribution in [-0.2, 0) is 16.1 Å². The second-order valence-corrected chi connectivity index (χ2v) is 13.8. The van der Waals surface area contributed by atoms with Crippen LogP contribution in [-0.4, -0.2) is 51.3 Å². The van der Waals surface area contributed by atoms with E-state index in [1.54, 1.807) is 24.3 Å². The van der Waals surface area contributed by atoms with Crippen LogP contribution in [0.1, 0.15) is 54.4 Å². The average Bonchev–Trinajstić information content (AvgIpc) is 3.55. The van der Waals surface area contributed by atoms with E-state index in [0.29, 0.717) is 23.5 Å². The number of imidazole rings is 1. The first kappa shape index (κ1) is 35.3. The normalized spacial score (nSPS) is 19.4. The first-order chi connectivity index (χ1) is 26.5. The number of amides is 2. The van der Waals surface area contributed by atoms with Crippen molar-refractivity contribution >= 4 is 28.4 Å². The molecule has 0 spiro atoms. The molecule has 4 N–H and O–H groups in total. The maximum absolute atomic E-state index is 12.8. The van der Waals surface area contributed by atoms with E-state index < -0.39 is 6.29 Å². The number of likely N-dealkylation sites (tertiary alicyclic amines) is 1. The lowest BCUT2D eigenvalue weighted by Gasteiger charge is -2.40. The highest BCUT2D eigenvalue weighted by atomic mass is 16.7. The fraction of sp³-hybridized carbons (Fsp3) is 0.256. The average molecular weight is 726 g/mol. The zero-order valence-corrected chi connectivity index (χ0v) is 29.8. The van der Waals surface area contributed by atoms with Gasteiger partial charge in [-0.3, -0.25) is 4.57 Å². The van der Waals surface area contributed by atoms with Crippen molar-refractivity contribution in [3.05, 3.63) is 155 Å². The number of para-hydroxylation sites is 3. The lowest BCUT2D eigenvalue weighted by atomic mass is 9.98. The highest BCUT2D eigenvalue weighted by Gasteiger charge is 2.34. The minimum absolute atomic E-state index is 0.0187. The van der Waals surface area contributed by atoms with Crippen LogP contribution in [0.5, 0.6) is 11.5 Å². The third-order valence-corrected chi connectivity index (χ3v) is 10.2. The van der Waals surface area contributed by atoms with Crippen LogP contribution in [0, 0.1) is 0 Å². The van der Waals surface area contributed by atoms with Gasteiger partial charge in [-0.2, -0.15) is 0 Å². The summed E-state index contributed by atoms with van der Waals surface area (Å²) in [6.07, 6.45) is 1.49. The summed E-state index contributed by atoms with van der Waals surface area (Å²) in [5.74, 6) is 1.41. The van der Waals surface area contributed by atoms with Gasteiger partial charge in [-0.05, 0) is 84.6 Å². The molecule has 2 amide bonds. The number of carbonyl (C=O) groups is 1. The van der Waals surface area contributed by atoms with E-state index in [2.05, 4.69) is 20.5 Å². The van der Waals surface area contributed by atoms with Crippen LogP contribution in [0.2, 0.25) is 0 Å². The second kappa shape index (κ2) is 16.1. The molecule has 54 heavy (non-hydrogen) atoms. The Labute approximate surface area is 313 Å². The van der Waals surface area contributed by atoms with E-state index in [0.717, 1.165) is 65.9 Å². The summed E-state index contributed by atoms with van der Waals surface area (Å²) in [7, 11) is 0. The van der Waals surface area contributed by atoms with Crippen molar-refractivity contribution in [2.45, 2.75) is 50.4 Å². The fourth-order valence-corrected chi connectivity index (χ4v) is 7.37. The molecule has 276 valence electrons. The number of piperidine rings is 1. The maximum Gasteiger partial charge on any atom is 0.326 e. The summed E-state index contributed by atoms with van der Waals surface area (Å²) >= 11 is 0. The number of fused-ring (bicyclic) bond motifs is 1. The van der Waals surface area contributed by atoms with Gasteiger partial charge >= 0.3 is 11.7 Å². The molecule has 3 unspecified atom stereocenters. The predicted octanol–water partition coefficient (Wildman–Crippen LogP) is 8.14. The number of ether oxygens (including phenoxy) is 3. The van der Waals surface area contributed by atoms with E-state index in [-0.39, 0.29) is 36.6 Å². The number of aliphatic hydroxyl groups is 1. The number of hydrogen-bond acceptors (Lipinski definition) is 7. The van der Waals surface area contributed by atoms with Crippen molar-refractivity contribution in [3.8, 4) is 11.5 Å². The number of aromatic nitrogens is 2. The molecule has 8 rings (SSSR count). The standard InChI is InChI=1S/C43H43N5O6/c49-28-29-10-12-30(13-11-29)40-26-37(27-47-24-22-34(23-25-47)48-39-9-5-4-8-38(39)46-43(48)51)53-41(54-40)31-14-16-32(17-15-31)44-42(50)45-33-18-20-36(21-19-33)52-35-6-2-1-3-7-35/h1-21,34,37,40-41,49H,22-28H2,(H,46,51)(H2,44,45,50). The van der Waals surface area contributed by atoms with E-state index in [1.165, 1.54) is 0 Å². The number of anilines is 2. The Hall–Kier alpha value is -5.72. The van der Waals surface area contributed by atoms with Crippen LogP contribution < -0.4 is 21.1 Å². The number of aliphatic hydroxyl groups excluding tert-OH is 1. The number of nitrogens with zero attached hydrogens (tertiary/aromatic N) is 2. The number of benzene rings is 5. The molecular weight excluding hydrogens is 683 g/mol. The van der Waals surface area contributed by atoms with Gasteiger partial charge in [-0.15, -0.1) is 0 Å². The highest BCUT2D eigenvalue weighted by molar-refractivity contribution is 5.99. The Kier molecular flexibility index (Phi) is 10.5. The highest BCUT2D eigenvalue weighted by Crippen LogP contribution is 2.39. The molecule has 0 aliphatic carbocycles. The third-order valence-electron chi connectivity index (χ3n) is 10.2. The maximum atomic E-state index is 12.8. The predicted molar refractivity (Wildman–Crippen MR) is 208 cm³/mol. The molecule has 11 heteroatoms. The molecule has 2 aliphatic heterocycles. The molecule has 2 fully saturated rings. The number of aromatic amines is 1. The van der Waals surface area contributed by atoms with Crippen molar-refractivity contribution in [1.29, 1.82) is 0 Å². The van der Waals surface area contributed by atoms with Gasteiger partial charge in [0.2, 0.25) is 0 Å². The minimum atomic E-state index is -0.617. The fourth-order valence-electron chi connectivity index (χ4n) is 7.37. The van der Waals surface area contributed by atoms with Gasteiger partial charge in [-0.1, -0.05) is 66.7 Å². The summed E-state index contributed by atoms with van der Waals surface area (Å²) < 4.78 is 20.9. The van der Waals surface area contributed by atoms with Crippen molar-refractivity contribution < 1.29 is 24.1 Å². The first-order valence-corrected chi connectivity index (χ1v) is 18.4. The summed E-state index contributed by atoms with van der Waals surface area (Å²) in [4.78, 5) is 31.1. The molecule has 5 aromatic carbocycles. The van der Waals surface area contributed by atoms with Gasteiger partial charge in [0.1, 0.15) is 11.5 Å². The van der Waals surface area contributed by atoms with Crippen LogP contribution in [0.4, 0.5) is 16.2 Å². The minimum Gasteiger partial charge on any atom is -0.457 e. The quantitative estimate of drug-likeness (QED) is 0.112. The third kappa shape index (κ3) is 8.24. The SMILES string of the molecule is O=C(Nc1ccc(Oc2ccccc2)cc1)Nc1ccc(C2OC(CN3CCC(n4c(=O)[nH]c5ccccc54)CC3)CC(c3ccc(CO)cc3)O2)cc1. The first-order valence-electron chi connectivity index (χ1n) is 18.4. The van der Waals surface area contributed by atoms with Crippen LogP contribution in [0.15, 0.2) is 132 Å². The van der Waals surface area contributed by atoms with Crippen LogP contribution in [0.3, 0.4) is 0 Å². The van der Waals surface area contributed by atoms with Crippen molar-refractivity contribution in [2.75, 3.05) is 30.3 Å². The molecule has 0 saturated carbocycles. The van der Waals surface area contributed by atoms with E-state index in [4.69, 9.17) is 14.2 Å². The number of hydrogen-bond donors (Lipinski definition) is 4. The lowest BCUT2D eigenvalue weighted by Crippen LogP contribution is -2.43. The molecule has 0 radical (unpaired) electrons. The number of urea groups is 1. The Morgan fingerprint density at radius 1 is 0.759 bits per heavy atom. The molecule has 1 aromatic heterocycles. The van der Waals surface area contributed by atoms with Crippen molar-refractivity contribution in [3.63, 3.8) is 0 Å². The molecule has 3 atom stereocenters. The Morgan fingerprint density at radius 2 is 1.39 bits per heavy atom. The molecule has 11 nitrogen and oxygen atoms in total. The Balaban J connectivity index is 0.902. The van der Waals surface area contributed by atoms with Gasteiger partial charge in [0.15, 0.2) is 6.29 Å². The van der Waals surface area contributed by atoms with Crippen molar-refractivity contribution in [1.82, 2.24) is 14.5 Å². The van der Waals surface area contributed by atoms with Gasteiger partial charge in [0, 0.05) is 49.0 Å². The number of carbonyl (C=O) groups excluding carboxylic acids is 1. The zero-order valence-electron chi connectivity index (χ0n) is 29.8. The molecular formula is C43H43N5O6. The smallest absolute Gasteiger partial charge is 0.326 e. The lowest BCUT2D eigenvalue weighted by molar-refractivity contribution is -0.253. The summed E-state index contributed by atoms with van der Waals surface area (Å²) in [5, 5.41) is 15.4. The van der Waals surface area contributed by atoms with E-state index in [1.807, 2.05) is 108 Å². The number of H-pyrrole nitrogens is 1. The van der Waals surface area contributed by atoms with Crippen LogP contribution >= 0.6 is 0 Å². The largest absolute Gasteiger partial charge is 0.457 e. The van der Waals surface area contributed by atoms with E-state index in [9.17, 15) is 14.7 Å². The summed E-state index contributed by atoms with van der Waals surface area (Å²) in [6, 6.07) is 39.7. The molecule has 2 saturated heterocycles. The molecule has 3 heterocycles. The number of rotatable bonds is 10. The van der Waals surface area contributed by atoms with Gasteiger partial charge in [-0.25, -0.2) is 9.59 Å². The monoisotopic (exact) mass is 725 g/mol. The number of nitrogens with one attached hydrogen (secondary N) is 3. The second-order valence-electron chi connectivity index (χ2n) is 13.8.